The molecule has 1 aromatic rings. The third kappa shape index (κ3) is 1.83. The van der Waals surface area contributed by atoms with Gasteiger partial charge in [-0.25, -0.2) is 0 Å². The lowest BCUT2D eigenvalue weighted by Gasteiger charge is -2.12. The molecular formula is C11H12N2O2. The van der Waals surface area contributed by atoms with Crippen molar-refractivity contribution in [3.8, 4) is 5.75 Å². The molecule has 1 aliphatic heterocycles. The molecule has 1 heterocycles. The third-order valence-corrected chi connectivity index (χ3v) is 2.34. The minimum atomic E-state index is 0.0748. The Bertz CT molecular complexity index is 409. The van der Waals surface area contributed by atoms with Crippen LogP contribution in [0.5, 0.6) is 5.75 Å². The molecule has 4 heteroatoms. The molecule has 78 valence electrons. The fourth-order valence-electron chi connectivity index (χ4n) is 1.43. The summed E-state index contributed by atoms with van der Waals surface area (Å²) in [6.45, 7) is 2.06. The molecule has 0 spiro atoms. The molecule has 0 radical (unpaired) electrons. The number of hydrazone groups is 1. The van der Waals surface area contributed by atoms with E-state index in [9.17, 15) is 4.79 Å². The number of carbonyl (C=O) groups excluding carboxylic acids is 1. The standard InChI is InChI=1S/C11H12N2O2/c1-8-11(14)7-13(12-8)9-3-5-10(15-2)6-4-9/h3-6H,7H2,1-2H3. The van der Waals surface area contributed by atoms with Crippen molar-refractivity contribution >= 4 is 17.2 Å². The van der Waals surface area contributed by atoms with Crippen molar-refractivity contribution in [1.82, 2.24) is 0 Å². The van der Waals surface area contributed by atoms with Gasteiger partial charge in [0.05, 0.1) is 12.8 Å². The third-order valence-electron chi connectivity index (χ3n) is 2.34. The van der Waals surface area contributed by atoms with Crippen molar-refractivity contribution in [3.63, 3.8) is 0 Å². The van der Waals surface area contributed by atoms with Crippen LogP contribution in [0.4, 0.5) is 5.69 Å². The van der Waals surface area contributed by atoms with E-state index in [1.807, 2.05) is 24.3 Å². The van der Waals surface area contributed by atoms with Gasteiger partial charge in [-0.05, 0) is 31.2 Å². The topological polar surface area (TPSA) is 41.9 Å². The van der Waals surface area contributed by atoms with Gasteiger partial charge in [0.15, 0.2) is 5.78 Å². The molecule has 0 amide bonds. The summed E-state index contributed by atoms with van der Waals surface area (Å²) in [5, 5.41) is 5.85. The number of methoxy groups -OCH3 is 1. The molecule has 0 N–H and O–H groups in total. The molecule has 0 unspecified atom stereocenters. The van der Waals surface area contributed by atoms with Crippen LogP contribution >= 0.6 is 0 Å². The van der Waals surface area contributed by atoms with E-state index in [2.05, 4.69) is 5.10 Å². The van der Waals surface area contributed by atoms with Crippen LogP contribution in [0.2, 0.25) is 0 Å². The van der Waals surface area contributed by atoms with Gasteiger partial charge in [0, 0.05) is 0 Å². The lowest BCUT2D eigenvalue weighted by Crippen LogP contribution is -2.17. The monoisotopic (exact) mass is 204 g/mol. The van der Waals surface area contributed by atoms with Crippen LogP contribution in [0.3, 0.4) is 0 Å². The van der Waals surface area contributed by atoms with Crippen LogP contribution in [-0.2, 0) is 4.79 Å². The second kappa shape index (κ2) is 3.73. The number of ketones is 1. The Morgan fingerprint density at radius 1 is 1.33 bits per heavy atom. The maximum atomic E-state index is 11.3. The molecule has 0 bridgehead atoms. The highest BCUT2D eigenvalue weighted by atomic mass is 16.5. The number of ether oxygens (including phenoxy) is 1. The predicted molar refractivity (Wildman–Crippen MR) is 58.5 cm³/mol. The van der Waals surface area contributed by atoms with Crippen LogP contribution in [0.25, 0.3) is 0 Å². The molecule has 1 aromatic carbocycles. The zero-order valence-corrected chi connectivity index (χ0v) is 8.73. The lowest BCUT2D eigenvalue weighted by atomic mass is 10.2. The highest BCUT2D eigenvalue weighted by molar-refractivity contribution is 6.42. The van der Waals surface area contributed by atoms with E-state index in [0.29, 0.717) is 12.3 Å². The van der Waals surface area contributed by atoms with E-state index in [1.54, 1.807) is 19.0 Å². The van der Waals surface area contributed by atoms with Gasteiger partial charge in [0.2, 0.25) is 0 Å². The van der Waals surface area contributed by atoms with Crippen molar-refractivity contribution in [2.45, 2.75) is 6.92 Å². The van der Waals surface area contributed by atoms with Gasteiger partial charge in [-0.15, -0.1) is 0 Å². The number of hydrogen-bond donors (Lipinski definition) is 0. The van der Waals surface area contributed by atoms with Crippen LogP contribution in [0, 0.1) is 0 Å². The van der Waals surface area contributed by atoms with Gasteiger partial charge in [0.25, 0.3) is 0 Å². The van der Waals surface area contributed by atoms with Crippen molar-refractivity contribution in [1.29, 1.82) is 0 Å². The van der Waals surface area contributed by atoms with E-state index in [-0.39, 0.29) is 5.78 Å². The second-order valence-electron chi connectivity index (χ2n) is 3.36. The number of carbonyl (C=O) groups is 1. The van der Waals surface area contributed by atoms with Gasteiger partial charge in [-0.1, -0.05) is 0 Å². The highest BCUT2D eigenvalue weighted by Crippen LogP contribution is 2.21. The number of hydrogen-bond acceptors (Lipinski definition) is 4. The van der Waals surface area contributed by atoms with Crippen LogP contribution in [-0.4, -0.2) is 25.1 Å². The maximum Gasteiger partial charge on any atom is 0.199 e. The normalized spacial score (nSPS) is 15.5. The molecule has 0 aromatic heterocycles. The summed E-state index contributed by atoms with van der Waals surface area (Å²) in [5.74, 6) is 0.871. The molecule has 0 fully saturated rings. The smallest absolute Gasteiger partial charge is 0.199 e. The van der Waals surface area contributed by atoms with Gasteiger partial charge >= 0.3 is 0 Å². The molecule has 0 aliphatic carbocycles. The molecular weight excluding hydrogens is 192 g/mol. The predicted octanol–water partition coefficient (Wildman–Crippen LogP) is 1.46. The Labute approximate surface area is 88.2 Å². The Balaban J connectivity index is 2.21. The summed E-state index contributed by atoms with van der Waals surface area (Å²) in [7, 11) is 1.62. The highest BCUT2D eigenvalue weighted by Gasteiger charge is 2.20. The molecule has 0 saturated heterocycles. The molecule has 15 heavy (non-hydrogen) atoms. The molecule has 4 nitrogen and oxygen atoms in total. The minimum absolute atomic E-state index is 0.0748. The summed E-state index contributed by atoms with van der Waals surface area (Å²) in [4.78, 5) is 11.3. The first-order valence-corrected chi connectivity index (χ1v) is 4.70. The molecule has 2 rings (SSSR count). The number of anilines is 1. The van der Waals surface area contributed by atoms with Crippen LogP contribution in [0.15, 0.2) is 29.4 Å². The quantitative estimate of drug-likeness (QED) is 0.732. The first kappa shape index (κ1) is 9.71. The van der Waals surface area contributed by atoms with Gasteiger partial charge in [-0.2, -0.15) is 5.10 Å². The van der Waals surface area contributed by atoms with Crippen LogP contribution in [0.1, 0.15) is 6.92 Å². The number of nitrogens with zero attached hydrogens (tertiary/aromatic N) is 2. The van der Waals surface area contributed by atoms with E-state index in [4.69, 9.17) is 4.74 Å². The summed E-state index contributed by atoms with van der Waals surface area (Å²) in [6.07, 6.45) is 0. The van der Waals surface area contributed by atoms with Crippen LogP contribution < -0.4 is 9.75 Å². The van der Waals surface area contributed by atoms with E-state index in [1.165, 1.54) is 0 Å². The number of Topliss-reactive ketones (excluding diaryl/α,β-unsaturated/α-hetero) is 1. The number of benzene rings is 1. The van der Waals surface area contributed by atoms with E-state index >= 15 is 0 Å². The summed E-state index contributed by atoms with van der Waals surface area (Å²) in [6, 6.07) is 7.47. The fourth-order valence-corrected chi connectivity index (χ4v) is 1.43. The summed E-state index contributed by atoms with van der Waals surface area (Å²) in [5.41, 5.74) is 1.46. The van der Waals surface area contributed by atoms with E-state index < -0.39 is 0 Å². The zero-order chi connectivity index (χ0) is 10.8. The average molecular weight is 204 g/mol. The van der Waals surface area contributed by atoms with Crippen molar-refractivity contribution in [2.24, 2.45) is 5.10 Å². The summed E-state index contributed by atoms with van der Waals surface area (Å²) >= 11 is 0. The molecule has 1 aliphatic rings. The second-order valence-corrected chi connectivity index (χ2v) is 3.36. The Morgan fingerprint density at radius 3 is 2.47 bits per heavy atom. The SMILES string of the molecule is COc1ccc(N2CC(=O)C(C)=N2)cc1. The average Bonchev–Trinajstić information content (AvgIpc) is 2.59. The van der Waals surface area contributed by atoms with E-state index in [0.717, 1.165) is 11.4 Å². The molecule has 0 atom stereocenters. The van der Waals surface area contributed by atoms with Gasteiger partial charge < -0.3 is 4.74 Å². The fraction of sp³-hybridized carbons (Fsp3) is 0.273. The summed E-state index contributed by atoms with van der Waals surface area (Å²) < 4.78 is 5.05. The number of rotatable bonds is 2. The zero-order valence-electron chi connectivity index (χ0n) is 8.73. The van der Waals surface area contributed by atoms with Gasteiger partial charge in [-0.3, -0.25) is 9.80 Å². The molecule has 0 saturated carbocycles. The first-order valence-electron chi connectivity index (χ1n) is 4.70. The lowest BCUT2D eigenvalue weighted by molar-refractivity contribution is -0.111. The minimum Gasteiger partial charge on any atom is -0.497 e. The Morgan fingerprint density at radius 2 is 2.00 bits per heavy atom. The first-order chi connectivity index (χ1) is 7.20. The van der Waals surface area contributed by atoms with Crippen molar-refractivity contribution in [3.05, 3.63) is 24.3 Å². The maximum absolute atomic E-state index is 11.3. The Kier molecular flexibility index (Phi) is 2.41. The van der Waals surface area contributed by atoms with Crippen molar-refractivity contribution in [2.75, 3.05) is 18.7 Å². The van der Waals surface area contributed by atoms with Gasteiger partial charge in [0.1, 0.15) is 18.0 Å². The van der Waals surface area contributed by atoms with Crippen molar-refractivity contribution < 1.29 is 9.53 Å². The largest absolute Gasteiger partial charge is 0.497 e. The Hall–Kier alpha value is -1.84.